The first-order valence-electron chi connectivity index (χ1n) is 11.1. The number of aromatic nitrogens is 1. The number of thiazole rings is 1. The van der Waals surface area contributed by atoms with Gasteiger partial charge in [0.05, 0.1) is 22.4 Å². The van der Waals surface area contributed by atoms with E-state index in [9.17, 15) is 22.4 Å². The number of carbonyl (C=O) groups is 1. The summed E-state index contributed by atoms with van der Waals surface area (Å²) in [5.41, 5.74) is 2.26. The van der Waals surface area contributed by atoms with E-state index in [0.717, 1.165) is 30.2 Å². The van der Waals surface area contributed by atoms with Gasteiger partial charge in [-0.05, 0) is 55.0 Å². The van der Waals surface area contributed by atoms with Crippen LogP contribution in [0.3, 0.4) is 0 Å². The van der Waals surface area contributed by atoms with E-state index in [2.05, 4.69) is 5.32 Å². The van der Waals surface area contributed by atoms with Gasteiger partial charge in [0.25, 0.3) is 5.91 Å². The molecule has 0 atom stereocenters. The minimum absolute atomic E-state index is 0.0488. The maximum Gasteiger partial charge on any atom is 0.308 e. The topological polar surface area (TPSA) is 91.7 Å². The summed E-state index contributed by atoms with van der Waals surface area (Å²) >= 11 is 1.12. The van der Waals surface area contributed by atoms with Gasteiger partial charge >= 0.3 is 15.1 Å². The molecule has 0 saturated heterocycles. The van der Waals surface area contributed by atoms with Crippen LogP contribution in [0, 0.1) is 5.82 Å². The zero-order valence-corrected chi connectivity index (χ0v) is 21.6. The maximum absolute atomic E-state index is 14.5. The molecule has 0 unspecified atom stereocenters. The maximum atomic E-state index is 14.5. The van der Waals surface area contributed by atoms with Gasteiger partial charge in [0.2, 0.25) is 0 Å². The molecule has 0 spiro atoms. The van der Waals surface area contributed by atoms with Gasteiger partial charge in [0.1, 0.15) is 5.82 Å². The third kappa shape index (κ3) is 5.03. The number of nitrogens with zero attached hydrogens (tertiary/aromatic N) is 3. The second kappa shape index (κ2) is 10.2. The Morgan fingerprint density at radius 3 is 2.39 bits per heavy atom. The number of benzene rings is 3. The first kappa shape index (κ1) is 25.5. The number of halogens is 1. The Kier molecular flexibility index (Phi) is 7.25. The van der Waals surface area contributed by atoms with Gasteiger partial charge < -0.3 is 5.32 Å². The van der Waals surface area contributed by atoms with E-state index in [0.29, 0.717) is 23.4 Å². The normalized spacial score (nSPS) is 11.7. The Morgan fingerprint density at radius 1 is 1.06 bits per heavy atom. The molecule has 0 saturated carbocycles. The average Bonchev–Trinajstić information content (AvgIpc) is 3.17. The van der Waals surface area contributed by atoms with E-state index in [-0.39, 0.29) is 23.0 Å². The molecule has 0 bridgehead atoms. The van der Waals surface area contributed by atoms with Crippen LogP contribution in [0.25, 0.3) is 10.2 Å². The molecule has 4 rings (SSSR count). The molecule has 0 aliphatic carbocycles. The lowest BCUT2D eigenvalue weighted by molar-refractivity contribution is 0.102. The van der Waals surface area contributed by atoms with Crippen molar-refractivity contribution >= 4 is 49.0 Å². The van der Waals surface area contributed by atoms with Crippen LogP contribution in [0.4, 0.5) is 15.8 Å². The summed E-state index contributed by atoms with van der Waals surface area (Å²) in [5, 5.41) is 2.82. The van der Waals surface area contributed by atoms with Gasteiger partial charge in [0, 0.05) is 31.9 Å². The lowest BCUT2D eigenvalue weighted by atomic mass is 10.1. The minimum atomic E-state index is -3.98. The van der Waals surface area contributed by atoms with E-state index in [1.54, 1.807) is 53.1 Å². The Labute approximate surface area is 212 Å². The molecule has 1 heterocycles. The molecule has 0 radical (unpaired) electrons. The van der Waals surface area contributed by atoms with Crippen LogP contribution in [-0.4, -0.2) is 37.3 Å². The average molecular weight is 529 g/mol. The van der Waals surface area contributed by atoms with Crippen LogP contribution in [0.2, 0.25) is 0 Å². The van der Waals surface area contributed by atoms with Crippen molar-refractivity contribution in [1.29, 1.82) is 0 Å². The highest BCUT2D eigenvalue weighted by molar-refractivity contribution is 7.90. The molecule has 3 aromatic carbocycles. The summed E-state index contributed by atoms with van der Waals surface area (Å²) in [6, 6.07) is 17.4. The van der Waals surface area contributed by atoms with Gasteiger partial charge in [-0.15, -0.1) is 0 Å². The van der Waals surface area contributed by atoms with E-state index in [1.165, 1.54) is 32.3 Å². The number of hydrogen-bond acceptors (Lipinski definition) is 5. The number of nitrogens with one attached hydrogen (secondary N) is 1. The van der Waals surface area contributed by atoms with E-state index in [4.69, 9.17) is 0 Å². The van der Waals surface area contributed by atoms with Crippen molar-refractivity contribution in [2.45, 2.75) is 20.0 Å². The molecule has 188 valence electrons. The molecule has 0 aliphatic heterocycles. The fourth-order valence-corrected chi connectivity index (χ4v) is 5.81. The number of amides is 1. The predicted octanol–water partition coefficient (Wildman–Crippen LogP) is 4.29. The summed E-state index contributed by atoms with van der Waals surface area (Å²) in [6.07, 6.45) is 0. The van der Waals surface area contributed by atoms with Gasteiger partial charge in [0.15, 0.2) is 0 Å². The van der Waals surface area contributed by atoms with Gasteiger partial charge in [-0.2, -0.15) is 12.7 Å². The highest BCUT2D eigenvalue weighted by Crippen LogP contribution is 2.26. The monoisotopic (exact) mass is 528 g/mol. The number of fused-ring (bicyclic) bond motifs is 1. The first-order valence-corrected chi connectivity index (χ1v) is 13.3. The number of aryl methyl sites for hydroxylation is 1. The highest BCUT2D eigenvalue weighted by Gasteiger charge is 2.27. The fourth-order valence-electron chi connectivity index (χ4n) is 3.72. The molecule has 1 amide bonds. The molecule has 1 aromatic heterocycles. The Morgan fingerprint density at radius 2 is 1.75 bits per heavy atom. The summed E-state index contributed by atoms with van der Waals surface area (Å²) < 4.78 is 44.7. The Hall–Kier alpha value is -3.54. The smallest absolute Gasteiger partial charge is 0.308 e. The molecular formula is C25H25FN4O4S2. The van der Waals surface area contributed by atoms with Gasteiger partial charge in [-0.1, -0.05) is 35.6 Å². The van der Waals surface area contributed by atoms with Crippen molar-refractivity contribution in [2.75, 3.05) is 23.7 Å². The molecule has 4 aromatic rings. The van der Waals surface area contributed by atoms with E-state index >= 15 is 0 Å². The van der Waals surface area contributed by atoms with Crippen LogP contribution in [0.15, 0.2) is 71.5 Å². The van der Waals surface area contributed by atoms with Crippen LogP contribution in [0.1, 0.15) is 22.8 Å². The lowest BCUT2D eigenvalue weighted by Crippen LogP contribution is -2.40. The second-order valence-corrected chi connectivity index (χ2v) is 11.3. The first-order chi connectivity index (χ1) is 17.1. The molecule has 11 heteroatoms. The SMILES string of the molecule is CCn1c(=O)sc2cc(NC(=O)c3ccc(CN(c4ccccc4F)S(=O)(=O)N(C)C)cc3)ccc21. The van der Waals surface area contributed by atoms with Crippen LogP contribution >= 0.6 is 11.3 Å². The van der Waals surface area contributed by atoms with Crippen LogP contribution in [-0.2, 0) is 23.3 Å². The number of carbonyl (C=O) groups excluding carboxylic acids is 1. The molecule has 36 heavy (non-hydrogen) atoms. The number of para-hydroxylation sites is 1. The number of hydrogen-bond donors (Lipinski definition) is 1. The summed E-state index contributed by atoms with van der Waals surface area (Å²) in [4.78, 5) is 24.8. The standard InChI is InChI=1S/C25H25FN4O4S2/c1-4-29-22-14-13-19(15-23(22)35-25(29)32)27-24(31)18-11-9-17(10-12-18)16-30(36(33,34)28(2)3)21-8-6-5-7-20(21)26/h5-15H,4,16H2,1-3H3,(H,27,31). The summed E-state index contributed by atoms with van der Waals surface area (Å²) in [6.45, 7) is 2.35. The van der Waals surface area contributed by atoms with Gasteiger partial charge in [-0.3, -0.25) is 18.5 Å². The lowest BCUT2D eigenvalue weighted by Gasteiger charge is -2.27. The van der Waals surface area contributed by atoms with E-state index in [1.807, 2.05) is 6.92 Å². The predicted molar refractivity (Wildman–Crippen MR) is 141 cm³/mol. The zero-order chi connectivity index (χ0) is 26.0. The van der Waals surface area contributed by atoms with E-state index < -0.39 is 16.0 Å². The molecule has 0 fully saturated rings. The van der Waals surface area contributed by atoms with Crippen LogP contribution in [0.5, 0.6) is 0 Å². The third-order valence-electron chi connectivity index (χ3n) is 5.65. The van der Waals surface area contributed by atoms with Crippen LogP contribution < -0.4 is 14.5 Å². The third-order valence-corrected chi connectivity index (χ3v) is 8.39. The molecular weight excluding hydrogens is 503 g/mol. The highest BCUT2D eigenvalue weighted by atomic mass is 32.2. The summed E-state index contributed by atoms with van der Waals surface area (Å²) in [5.74, 6) is -1.01. The van der Waals surface area contributed by atoms with Crippen molar-refractivity contribution in [1.82, 2.24) is 8.87 Å². The molecule has 1 N–H and O–H groups in total. The zero-order valence-electron chi connectivity index (χ0n) is 19.9. The van der Waals surface area contributed by atoms with Crippen molar-refractivity contribution in [3.8, 4) is 0 Å². The number of rotatable bonds is 8. The fraction of sp³-hybridized carbons (Fsp3) is 0.200. The van der Waals surface area contributed by atoms with Crippen molar-refractivity contribution < 1.29 is 17.6 Å². The van der Waals surface area contributed by atoms with Crippen molar-refractivity contribution in [3.05, 3.63) is 93.3 Å². The number of anilines is 2. The molecule has 8 nitrogen and oxygen atoms in total. The van der Waals surface area contributed by atoms with Gasteiger partial charge in [-0.25, -0.2) is 4.39 Å². The quantitative estimate of drug-likeness (QED) is 0.369. The van der Waals surface area contributed by atoms with Crippen molar-refractivity contribution in [3.63, 3.8) is 0 Å². The largest absolute Gasteiger partial charge is 0.322 e. The Balaban J connectivity index is 1.54. The minimum Gasteiger partial charge on any atom is -0.322 e. The Bertz CT molecular complexity index is 1580. The summed E-state index contributed by atoms with van der Waals surface area (Å²) in [7, 11) is -1.22. The second-order valence-electron chi connectivity index (χ2n) is 8.19. The molecule has 0 aliphatic rings. The van der Waals surface area contributed by atoms with Crippen molar-refractivity contribution in [2.24, 2.45) is 0 Å².